The van der Waals surface area contributed by atoms with E-state index in [0.717, 1.165) is 0 Å². The van der Waals surface area contributed by atoms with Gasteiger partial charge in [-0.1, -0.05) is 724 Å². The fourth-order valence-electron chi connectivity index (χ4n) is 14.0. The maximum atomic E-state index is 10.2. The molecule has 3 N–H and O–H groups in total. The minimum absolute atomic E-state index is 0. The van der Waals surface area contributed by atoms with Crippen LogP contribution >= 0.6 is 12.6 Å². The summed E-state index contributed by atoms with van der Waals surface area (Å²) >= 11 is 3.53. The van der Waals surface area contributed by atoms with Gasteiger partial charge < -0.3 is 0 Å². The van der Waals surface area contributed by atoms with E-state index >= 15 is 0 Å². The summed E-state index contributed by atoms with van der Waals surface area (Å²) in [6.07, 6.45) is 5.44. The standard InChI is InChI=1S/C25H20.3C15H16.2C10H8.3C7H8.C6H6.C3H3N3O3.3C3H8.4C2H6.CH4S.3CH4/c1-5-13-21(14-6-1)25(22-15-7-2-8-16-22,23-17-9-3-10-18-23)24-19-11-4-12-20-24;3*1-15(2,13-9-5-3-6-10-13)14-11-7-4-8-12-14;2*1-2-6-10-8-4-3-7-9(10)5-1;3*1-7-5-3-2-4-6-7;1-2-4-6-5-3-1;7-1-4-2(8)6-3(9)5-1;3*1-3-2;5*1-2;;;/h1-20H;3*3-12H,1-2H3;2*1-8H;3*2-6H,1H3;1-6H;(H3,4,5,6,7,8,9);3*3H2,1-2H3;4*1-2H3;2H,1H3;3*1H4. The molecule has 19 aromatic rings. The first-order valence-corrected chi connectivity index (χ1v) is 52.3. The van der Waals surface area contributed by atoms with Gasteiger partial charge in [0.1, 0.15) is 0 Å². The van der Waals surface area contributed by atoms with E-state index < -0.39 is 17.1 Å². The lowest BCUT2D eigenvalue weighted by Crippen LogP contribution is -2.34. The molecule has 0 fully saturated rings. The van der Waals surface area contributed by atoms with E-state index in [9.17, 15) is 14.4 Å². The van der Waals surface area contributed by atoms with Gasteiger partial charge in [-0.3, -0.25) is 15.0 Å². The first-order valence-electron chi connectivity index (χ1n) is 51.5. The molecule has 18 aromatic carbocycles. The van der Waals surface area contributed by atoms with Crippen molar-refractivity contribution in [1.82, 2.24) is 15.0 Å². The van der Waals surface area contributed by atoms with Crippen LogP contribution in [0.15, 0.2) is 542 Å². The number of aryl methyl sites for hydroxylation is 3. The zero-order valence-corrected chi connectivity index (χ0v) is 92.4. The predicted molar refractivity (Wildman–Crippen MR) is 664 cm³/mol. The van der Waals surface area contributed by atoms with Crippen LogP contribution in [0.5, 0.6) is 0 Å². The van der Waals surface area contributed by atoms with Gasteiger partial charge >= 0.3 is 17.1 Å². The van der Waals surface area contributed by atoms with Crippen molar-refractivity contribution in [2.75, 3.05) is 6.26 Å². The van der Waals surface area contributed by atoms with Crippen LogP contribution in [0.4, 0.5) is 0 Å². The van der Waals surface area contributed by atoms with Crippen molar-refractivity contribution in [2.24, 2.45) is 0 Å². The second-order valence-electron chi connectivity index (χ2n) is 33.6. The van der Waals surface area contributed by atoms with E-state index in [-0.39, 0.29) is 43.9 Å². The lowest BCUT2D eigenvalue weighted by molar-refractivity contribution is 0.641. The van der Waals surface area contributed by atoms with Gasteiger partial charge in [0.15, 0.2) is 0 Å². The van der Waals surface area contributed by atoms with Crippen LogP contribution in [0, 0.1) is 20.8 Å². The topological polar surface area (TPSA) is 98.6 Å². The summed E-state index contributed by atoms with van der Waals surface area (Å²) in [6.45, 7) is 48.6. The Morgan fingerprint density at radius 3 is 0.358 bits per heavy atom. The summed E-state index contributed by atoms with van der Waals surface area (Å²) in [5.41, 5.74) is 14.7. The molecule has 0 saturated carbocycles. The third-order valence-electron chi connectivity index (χ3n) is 21.3. The van der Waals surface area contributed by atoms with Gasteiger partial charge in [0.25, 0.3) is 0 Å². The third kappa shape index (κ3) is 53.9. The maximum Gasteiger partial charge on any atom is 0.330 e. The van der Waals surface area contributed by atoms with E-state index in [1.165, 1.54) is 113 Å². The number of hydrogen-bond acceptors (Lipinski definition) is 4. The summed E-state index contributed by atoms with van der Waals surface area (Å²) in [7, 11) is 0. The summed E-state index contributed by atoms with van der Waals surface area (Å²) in [6, 6.07) is 183. The molecule has 0 saturated heterocycles. The lowest BCUT2D eigenvalue weighted by atomic mass is 9.65. The minimum atomic E-state index is -0.802. The zero-order chi connectivity index (χ0) is 107. The van der Waals surface area contributed by atoms with Crippen LogP contribution in [0.3, 0.4) is 0 Å². The maximum absolute atomic E-state index is 10.2. The van der Waals surface area contributed by atoms with Crippen molar-refractivity contribution in [3.63, 3.8) is 0 Å². The Kier molecular flexibility index (Phi) is 80.3. The molecule has 0 spiro atoms. The average Bonchev–Trinajstić information content (AvgIpc) is 0.735. The summed E-state index contributed by atoms with van der Waals surface area (Å²) in [5, 5.41) is 5.24. The Labute approximate surface area is 903 Å². The van der Waals surface area contributed by atoms with E-state index in [1.807, 2.05) is 146 Å². The van der Waals surface area contributed by atoms with Gasteiger partial charge in [-0.05, 0) is 104 Å². The molecule has 19 rings (SSSR count). The van der Waals surface area contributed by atoms with Crippen molar-refractivity contribution in [3.8, 4) is 0 Å². The molecule has 0 aliphatic carbocycles. The number of H-pyrrole nitrogens is 3. The van der Waals surface area contributed by atoms with Crippen molar-refractivity contribution in [3.05, 3.63) is 632 Å². The van der Waals surface area contributed by atoms with Gasteiger partial charge in [0, 0.05) is 16.2 Å². The van der Waals surface area contributed by atoms with Crippen LogP contribution in [-0.4, -0.2) is 21.2 Å². The van der Waals surface area contributed by atoms with Crippen LogP contribution in [0.2, 0.25) is 0 Å². The van der Waals surface area contributed by atoms with E-state index in [2.05, 4.69) is 553 Å². The van der Waals surface area contributed by atoms with Crippen molar-refractivity contribution < 1.29 is 0 Å². The number of aromatic nitrogens is 3. The molecule has 0 radical (unpaired) electrons. The van der Waals surface area contributed by atoms with Gasteiger partial charge in [0.05, 0.1) is 5.41 Å². The third-order valence-corrected chi connectivity index (χ3v) is 21.3. The highest BCUT2D eigenvalue weighted by atomic mass is 32.1. The molecule has 0 atom stereocenters. The average molecular weight is 2000 g/mol. The summed E-state index contributed by atoms with van der Waals surface area (Å²) in [5.74, 6) is 0. The normalized spacial score (nSPS) is 9.39. The largest absolute Gasteiger partial charge is 0.330 e. The smallest absolute Gasteiger partial charge is 0.259 e. The van der Waals surface area contributed by atoms with Crippen molar-refractivity contribution in [1.29, 1.82) is 0 Å². The first kappa shape index (κ1) is 137. The Morgan fingerprint density at radius 2 is 0.257 bits per heavy atom. The lowest BCUT2D eigenvalue weighted by Gasteiger charge is -2.36. The molecular weight excluding hydrogens is 1820 g/mol. The molecule has 0 aliphatic heterocycles. The number of fused-ring (bicyclic) bond motifs is 2. The first-order chi connectivity index (χ1) is 70.6. The molecule has 148 heavy (non-hydrogen) atoms. The van der Waals surface area contributed by atoms with Crippen LogP contribution in [0.1, 0.15) is 252 Å². The number of nitrogens with one attached hydrogen (secondary N) is 3. The SMILES string of the molecule is C.C.C.CC.CC.CC.CC.CC(C)(c1ccccc1)c1ccccc1.CC(C)(c1ccccc1)c1ccccc1.CC(C)(c1ccccc1)c1ccccc1.CCC.CCC.CCC.CS.Cc1ccccc1.Cc1ccccc1.Cc1ccccc1.O=c1[nH]c(=O)[nH]c(=O)[nH]1.c1ccc(C(c2ccccc2)(c2ccccc2)c2ccccc2)cc1.c1ccc2ccccc2c1.c1ccc2ccccc2c1.c1ccccc1. The molecule has 0 unspecified atom stereocenters. The number of hydrogen-bond donors (Lipinski definition) is 4. The molecule has 6 nitrogen and oxygen atoms in total. The van der Waals surface area contributed by atoms with Gasteiger partial charge in [-0.25, -0.2) is 14.4 Å². The second-order valence-corrected chi connectivity index (χ2v) is 33.6. The van der Waals surface area contributed by atoms with Crippen molar-refractivity contribution >= 4 is 34.2 Å². The highest BCUT2D eigenvalue weighted by molar-refractivity contribution is 7.79. The van der Waals surface area contributed by atoms with Crippen LogP contribution in [0.25, 0.3) is 21.5 Å². The summed E-state index contributed by atoms with van der Waals surface area (Å²) < 4.78 is 0. The number of thiol groups is 1. The number of rotatable bonds is 10. The Hall–Kier alpha value is -14.8. The highest BCUT2D eigenvalue weighted by Gasteiger charge is 2.38. The summed E-state index contributed by atoms with van der Waals surface area (Å²) in [4.78, 5) is 35.9. The van der Waals surface area contributed by atoms with E-state index in [0.29, 0.717) is 0 Å². The van der Waals surface area contributed by atoms with Crippen LogP contribution in [-0.2, 0) is 21.7 Å². The number of benzene rings is 18. The van der Waals surface area contributed by atoms with E-state index in [1.54, 1.807) is 21.2 Å². The van der Waals surface area contributed by atoms with Crippen molar-refractivity contribution in [2.45, 2.75) is 222 Å². The molecule has 0 bridgehead atoms. The molecule has 7 heteroatoms. The van der Waals surface area contributed by atoms with Gasteiger partial charge in [-0.2, -0.15) is 12.6 Å². The molecular formula is C141H181N3O3S. The quantitative estimate of drug-likeness (QED) is 0.0811. The monoisotopic (exact) mass is 2000 g/mol. The second kappa shape index (κ2) is 86.5. The Bertz CT molecular complexity index is 5440. The minimum Gasteiger partial charge on any atom is -0.259 e. The van der Waals surface area contributed by atoms with Crippen LogP contribution < -0.4 is 17.1 Å². The fourth-order valence-corrected chi connectivity index (χ4v) is 14.0. The Morgan fingerprint density at radius 1 is 0.169 bits per heavy atom. The fraction of sp³-hybridized carbons (Fsp3) is 0.241. The molecule has 0 aliphatic rings. The van der Waals surface area contributed by atoms with Gasteiger partial charge in [0.2, 0.25) is 0 Å². The molecule has 1 heterocycles. The highest BCUT2D eigenvalue weighted by Crippen LogP contribution is 2.45. The van der Waals surface area contributed by atoms with Gasteiger partial charge in [-0.15, -0.1) is 0 Å². The molecule has 0 amide bonds. The molecule has 784 valence electrons. The van der Waals surface area contributed by atoms with E-state index in [4.69, 9.17) is 0 Å². The Balaban J connectivity index is -0.00000157. The zero-order valence-electron chi connectivity index (χ0n) is 91.5. The molecule has 1 aromatic heterocycles. The predicted octanol–water partition coefficient (Wildman–Crippen LogP) is 40.0. The number of aromatic amines is 3.